The minimum atomic E-state index is 0.293. The highest BCUT2D eigenvalue weighted by Crippen LogP contribution is 2.26. The van der Waals surface area contributed by atoms with Crippen molar-refractivity contribution in [2.24, 2.45) is 0 Å². The molecule has 4 rings (SSSR count). The molecular formula is C21H32N4O2. The Hall–Kier alpha value is -1.63. The van der Waals surface area contributed by atoms with E-state index in [2.05, 4.69) is 38.2 Å². The SMILES string of the molecule is CNC1CCCN(CC(=O)N2CCN(Cc3ccc4c(c3)CCO4)CC2)C1. The number of carbonyl (C=O) groups is 1. The molecule has 0 aliphatic carbocycles. The summed E-state index contributed by atoms with van der Waals surface area (Å²) in [5, 5.41) is 3.35. The molecule has 1 aromatic carbocycles. The van der Waals surface area contributed by atoms with Crippen LogP contribution in [-0.4, -0.2) is 86.1 Å². The third-order valence-corrected chi connectivity index (χ3v) is 6.16. The number of nitrogens with zero attached hydrogens (tertiary/aromatic N) is 3. The Morgan fingerprint density at radius 2 is 2.04 bits per heavy atom. The lowest BCUT2D eigenvalue weighted by molar-refractivity contribution is -0.134. The number of piperidine rings is 1. The van der Waals surface area contributed by atoms with E-state index < -0.39 is 0 Å². The first-order chi connectivity index (χ1) is 13.2. The largest absolute Gasteiger partial charge is 0.493 e. The van der Waals surface area contributed by atoms with Crippen LogP contribution in [0.4, 0.5) is 0 Å². The summed E-state index contributed by atoms with van der Waals surface area (Å²) in [7, 11) is 2.02. The van der Waals surface area contributed by atoms with E-state index in [9.17, 15) is 4.79 Å². The highest BCUT2D eigenvalue weighted by molar-refractivity contribution is 5.78. The van der Waals surface area contributed by atoms with Crippen LogP contribution >= 0.6 is 0 Å². The van der Waals surface area contributed by atoms with E-state index in [1.165, 1.54) is 24.0 Å². The van der Waals surface area contributed by atoms with E-state index in [4.69, 9.17) is 4.74 Å². The van der Waals surface area contributed by atoms with Gasteiger partial charge in [-0.15, -0.1) is 0 Å². The second kappa shape index (κ2) is 8.59. The first-order valence-electron chi connectivity index (χ1n) is 10.4. The highest BCUT2D eigenvalue weighted by atomic mass is 16.5. The van der Waals surface area contributed by atoms with Crippen molar-refractivity contribution in [3.63, 3.8) is 0 Å². The predicted molar refractivity (Wildman–Crippen MR) is 106 cm³/mol. The Morgan fingerprint density at radius 3 is 2.85 bits per heavy atom. The average molecular weight is 373 g/mol. The fourth-order valence-electron chi connectivity index (χ4n) is 4.48. The molecule has 148 valence electrons. The van der Waals surface area contributed by atoms with Gasteiger partial charge in [-0.2, -0.15) is 0 Å². The van der Waals surface area contributed by atoms with Gasteiger partial charge in [-0.1, -0.05) is 12.1 Å². The Morgan fingerprint density at radius 1 is 1.19 bits per heavy atom. The van der Waals surface area contributed by atoms with Crippen LogP contribution in [0.25, 0.3) is 0 Å². The maximum absolute atomic E-state index is 12.7. The molecule has 1 unspecified atom stereocenters. The number of likely N-dealkylation sites (N-methyl/N-ethyl adjacent to an activating group) is 1. The standard InChI is InChI=1S/C21H32N4O2/c1-22-19-3-2-7-24(15-19)16-21(26)25-10-8-23(9-11-25)14-17-4-5-20-18(13-17)6-12-27-20/h4-5,13,19,22H,2-3,6-12,14-16H2,1H3. The van der Waals surface area contributed by atoms with Crippen LogP contribution in [0.15, 0.2) is 18.2 Å². The van der Waals surface area contributed by atoms with Crippen LogP contribution < -0.4 is 10.1 Å². The number of amides is 1. The molecule has 6 heteroatoms. The van der Waals surface area contributed by atoms with Gasteiger partial charge < -0.3 is 15.0 Å². The molecule has 0 radical (unpaired) electrons. The van der Waals surface area contributed by atoms with Crippen LogP contribution in [0.5, 0.6) is 5.75 Å². The van der Waals surface area contributed by atoms with Crippen LogP contribution in [0, 0.1) is 0 Å². The Labute approximate surface area is 162 Å². The van der Waals surface area contributed by atoms with E-state index in [1.807, 2.05) is 7.05 Å². The summed E-state index contributed by atoms with van der Waals surface area (Å²) in [6.07, 6.45) is 3.42. The van der Waals surface area contributed by atoms with E-state index in [1.54, 1.807) is 0 Å². The smallest absolute Gasteiger partial charge is 0.236 e. The molecule has 0 aromatic heterocycles. The molecule has 2 fully saturated rings. The van der Waals surface area contributed by atoms with Gasteiger partial charge >= 0.3 is 0 Å². The number of piperazine rings is 1. The first kappa shape index (κ1) is 18.7. The minimum Gasteiger partial charge on any atom is -0.493 e. The molecule has 1 amide bonds. The predicted octanol–water partition coefficient (Wildman–Crippen LogP) is 0.950. The normalized spacial score (nSPS) is 23.9. The third kappa shape index (κ3) is 4.62. The maximum Gasteiger partial charge on any atom is 0.236 e. The van der Waals surface area contributed by atoms with Crippen LogP contribution in [0.2, 0.25) is 0 Å². The van der Waals surface area contributed by atoms with Crippen LogP contribution in [0.1, 0.15) is 24.0 Å². The van der Waals surface area contributed by atoms with E-state index in [0.29, 0.717) is 18.5 Å². The van der Waals surface area contributed by atoms with Gasteiger partial charge in [-0.25, -0.2) is 0 Å². The van der Waals surface area contributed by atoms with Gasteiger partial charge in [0.2, 0.25) is 5.91 Å². The van der Waals surface area contributed by atoms with Crippen molar-refractivity contribution in [3.05, 3.63) is 29.3 Å². The molecule has 6 nitrogen and oxygen atoms in total. The number of carbonyl (C=O) groups excluding carboxylic acids is 1. The molecule has 3 aliphatic heterocycles. The highest BCUT2D eigenvalue weighted by Gasteiger charge is 2.25. The summed E-state index contributed by atoms with van der Waals surface area (Å²) in [5.74, 6) is 1.34. The summed E-state index contributed by atoms with van der Waals surface area (Å²) in [6.45, 7) is 7.99. The molecule has 27 heavy (non-hydrogen) atoms. The molecule has 0 saturated carbocycles. The number of rotatable bonds is 5. The first-order valence-corrected chi connectivity index (χ1v) is 10.4. The summed E-state index contributed by atoms with van der Waals surface area (Å²) >= 11 is 0. The van der Waals surface area contributed by atoms with Crippen molar-refractivity contribution < 1.29 is 9.53 Å². The van der Waals surface area contributed by atoms with Gasteiger partial charge in [0.05, 0.1) is 13.2 Å². The van der Waals surface area contributed by atoms with Crippen molar-refractivity contribution >= 4 is 5.91 Å². The molecule has 3 heterocycles. The van der Waals surface area contributed by atoms with E-state index in [-0.39, 0.29) is 0 Å². The van der Waals surface area contributed by atoms with Crippen molar-refractivity contribution in [1.82, 2.24) is 20.0 Å². The maximum atomic E-state index is 12.7. The van der Waals surface area contributed by atoms with Crippen molar-refractivity contribution in [2.75, 3.05) is 59.5 Å². The van der Waals surface area contributed by atoms with Crippen molar-refractivity contribution in [2.45, 2.75) is 31.8 Å². The second-order valence-electron chi connectivity index (χ2n) is 8.06. The number of nitrogens with one attached hydrogen (secondary N) is 1. The number of likely N-dealkylation sites (tertiary alicyclic amines) is 1. The fourth-order valence-corrected chi connectivity index (χ4v) is 4.48. The second-order valence-corrected chi connectivity index (χ2v) is 8.06. The zero-order valence-electron chi connectivity index (χ0n) is 16.5. The summed E-state index contributed by atoms with van der Waals surface area (Å²) in [6, 6.07) is 7.10. The molecule has 2 saturated heterocycles. The molecule has 3 aliphatic rings. The lowest BCUT2D eigenvalue weighted by Crippen LogP contribution is -2.53. The van der Waals surface area contributed by atoms with Gasteiger partial charge in [0.15, 0.2) is 0 Å². The monoisotopic (exact) mass is 372 g/mol. The fraction of sp³-hybridized carbons (Fsp3) is 0.667. The Balaban J connectivity index is 1.23. The van der Waals surface area contributed by atoms with Crippen LogP contribution in [0.3, 0.4) is 0 Å². The Bertz CT molecular complexity index is 658. The third-order valence-electron chi connectivity index (χ3n) is 6.16. The van der Waals surface area contributed by atoms with Crippen molar-refractivity contribution in [1.29, 1.82) is 0 Å². The number of hydrogen-bond donors (Lipinski definition) is 1. The average Bonchev–Trinajstić information content (AvgIpc) is 3.16. The molecular weight excluding hydrogens is 340 g/mol. The zero-order valence-corrected chi connectivity index (χ0v) is 16.5. The van der Waals surface area contributed by atoms with Crippen LogP contribution in [-0.2, 0) is 17.8 Å². The molecule has 1 N–H and O–H groups in total. The van der Waals surface area contributed by atoms with Gasteiger partial charge in [0.1, 0.15) is 5.75 Å². The van der Waals surface area contributed by atoms with Gasteiger partial charge in [0.25, 0.3) is 0 Å². The molecule has 1 atom stereocenters. The zero-order chi connectivity index (χ0) is 18.6. The summed E-state index contributed by atoms with van der Waals surface area (Å²) in [4.78, 5) is 19.5. The lowest BCUT2D eigenvalue weighted by atomic mass is 10.1. The molecule has 0 spiro atoms. The number of benzene rings is 1. The van der Waals surface area contributed by atoms with Gasteiger partial charge in [-0.05, 0) is 43.6 Å². The quantitative estimate of drug-likeness (QED) is 0.834. The summed E-state index contributed by atoms with van der Waals surface area (Å²) in [5.41, 5.74) is 2.69. The Kier molecular flexibility index (Phi) is 5.95. The van der Waals surface area contributed by atoms with Gasteiger partial charge in [0, 0.05) is 51.7 Å². The topological polar surface area (TPSA) is 48.1 Å². The molecule has 0 bridgehead atoms. The van der Waals surface area contributed by atoms with Gasteiger partial charge in [-0.3, -0.25) is 14.6 Å². The van der Waals surface area contributed by atoms with E-state index >= 15 is 0 Å². The number of ether oxygens (including phenoxy) is 1. The van der Waals surface area contributed by atoms with Crippen molar-refractivity contribution in [3.8, 4) is 5.75 Å². The summed E-state index contributed by atoms with van der Waals surface area (Å²) < 4.78 is 5.59. The molecule has 1 aromatic rings. The van der Waals surface area contributed by atoms with E-state index in [0.717, 1.165) is 64.6 Å². The minimum absolute atomic E-state index is 0.293. The lowest BCUT2D eigenvalue weighted by Gasteiger charge is -2.37. The number of fused-ring (bicyclic) bond motifs is 1. The number of hydrogen-bond acceptors (Lipinski definition) is 5.